The van der Waals surface area contributed by atoms with Gasteiger partial charge in [0.05, 0.1) is 18.5 Å². The molecule has 2 aromatic carbocycles. The Hall–Kier alpha value is -3.27. The Balaban J connectivity index is 1.71. The van der Waals surface area contributed by atoms with Gasteiger partial charge in [-0.2, -0.15) is 4.98 Å². The smallest absolute Gasteiger partial charge is 0.246 e. The summed E-state index contributed by atoms with van der Waals surface area (Å²) < 4.78 is 43.8. The number of halogens is 1. The number of carbonyl (C=O) groups is 1. The lowest BCUT2D eigenvalue weighted by atomic mass is 10.1. The second-order valence-corrected chi connectivity index (χ2v) is 8.67. The first-order valence-electron chi connectivity index (χ1n) is 9.07. The van der Waals surface area contributed by atoms with Gasteiger partial charge in [-0.25, -0.2) is 12.8 Å². The van der Waals surface area contributed by atoms with Crippen LogP contribution >= 0.6 is 0 Å². The van der Waals surface area contributed by atoms with Crippen LogP contribution in [0.5, 0.6) is 0 Å². The third-order valence-corrected chi connectivity index (χ3v) is 5.57. The van der Waals surface area contributed by atoms with Crippen molar-refractivity contribution in [3.05, 3.63) is 65.8 Å². The quantitative estimate of drug-likeness (QED) is 0.615. The summed E-state index contributed by atoms with van der Waals surface area (Å²) in [6.07, 6.45) is 0.978. The van der Waals surface area contributed by atoms with Crippen LogP contribution in [0, 0.1) is 12.7 Å². The molecule has 1 heterocycles. The van der Waals surface area contributed by atoms with Crippen molar-refractivity contribution >= 4 is 21.6 Å². The van der Waals surface area contributed by atoms with Crippen molar-refractivity contribution in [2.75, 3.05) is 10.6 Å². The summed E-state index contributed by atoms with van der Waals surface area (Å²) in [6, 6.07) is 11.3. The number of hydrogen-bond donors (Lipinski definition) is 1. The molecule has 0 saturated heterocycles. The van der Waals surface area contributed by atoms with Gasteiger partial charge in [-0.3, -0.25) is 9.10 Å². The zero-order valence-corrected chi connectivity index (χ0v) is 17.5. The fourth-order valence-electron chi connectivity index (χ4n) is 2.94. The molecule has 1 unspecified atom stereocenters. The standard InChI is InChI=1S/C20H21FN4O4S/c1-13-5-4-6-15(11-13)19-23-18(29-24-19)12-22-20(26)14(2)25(30(3,27)28)17-9-7-16(21)8-10-17/h4-11,14H,12H2,1-3H3,(H,22,26). The molecular formula is C20H21FN4O4S. The molecule has 0 aliphatic heterocycles. The minimum Gasteiger partial charge on any atom is -0.345 e. The number of sulfonamides is 1. The largest absolute Gasteiger partial charge is 0.345 e. The van der Waals surface area contributed by atoms with E-state index in [2.05, 4.69) is 15.5 Å². The van der Waals surface area contributed by atoms with E-state index in [4.69, 9.17) is 4.52 Å². The number of aromatic nitrogens is 2. The Kier molecular flexibility index (Phi) is 6.16. The second kappa shape index (κ2) is 8.62. The molecule has 8 nitrogen and oxygen atoms in total. The lowest BCUT2D eigenvalue weighted by molar-refractivity contribution is -0.122. The third kappa shape index (κ3) is 5.01. The molecule has 0 saturated carbocycles. The van der Waals surface area contributed by atoms with E-state index in [1.165, 1.54) is 19.1 Å². The average molecular weight is 432 g/mol. The van der Waals surface area contributed by atoms with Crippen molar-refractivity contribution in [3.63, 3.8) is 0 Å². The van der Waals surface area contributed by atoms with E-state index in [1.807, 2.05) is 31.2 Å². The van der Waals surface area contributed by atoms with Crippen LogP contribution < -0.4 is 9.62 Å². The highest BCUT2D eigenvalue weighted by atomic mass is 32.2. The van der Waals surface area contributed by atoms with Gasteiger partial charge in [-0.1, -0.05) is 28.9 Å². The molecule has 0 spiro atoms. The van der Waals surface area contributed by atoms with Crippen molar-refractivity contribution in [2.24, 2.45) is 0 Å². The lowest BCUT2D eigenvalue weighted by Crippen LogP contribution is -2.47. The van der Waals surface area contributed by atoms with Gasteiger partial charge in [-0.15, -0.1) is 0 Å². The maximum absolute atomic E-state index is 13.2. The van der Waals surface area contributed by atoms with Crippen LogP contribution in [0.1, 0.15) is 18.4 Å². The monoisotopic (exact) mass is 432 g/mol. The molecule has 0 aliphatic rings. The molecule has 1 aromatic heterocycles. The number of nitrogens with zero attached hydrogens (tertiary/aromatic N) is 3. The van der Waals surface area contributed by atoms with E-state index in [0.717, 1.165) is 33.8 Å². The van der Waals surface area contributed by atoms with Crippen molar-refractivity contribution in [1.29, 1.82) is 0 Å². The minimum atomic E-state index is -3.80. The first kappa shape index (κ1) is 21.4. The van der Waals surface area contributed by atoms with Gasteiger partial charge in [0.25, 0.3) is 0 Å². The van der Waals surface area contributed by atoms with Crippen LogP contribution in [0.4, 0.5) is 10.1 Å². The minimum absolute atomic E-state index is 0.0665. The van der Waals surface area contributed by atoms with Crippen molar-refractivity contribution < 1.29 is 22.1 Å². The molecule has 3 aromatic rings. The number of carbonyl (C=O) groups excluding carboxylic acids is 1. The highest BCUT2D eigenvalue weighted by Gasteiger charge is 2.29. The summed E-state index contributed by atoms with van der Waals surface area (Å²) in [5, 5.41) is 6.49. The van der Waals surface area contributed by atoms with E-state index in [9.17, 15) is 17.6 Å². The van der Waals surface area contributed by atoms with Gasteiger partial charge < -0.3 is 9.84 Å². The van der Waals surface area contributed by atoms with Crippen LogP contribution in [-0.4, -0.2) is 36.8 Å². The van der Waals surface area contributed by atoms with E-state index in [-0.39, 0.29) is 18.1 Å². The number of rotatable bonds is 7. The summed E-state index contributed by atoms with van der Waals surface area (Å²) in [6.45, 7) is 3.31. The summed E-state index contributed by atoms with van der Waals surface area (Å²) in [4.78, 5) is 16.8. The van der Waals surface area contributed by atoms with Gasteiger partial charge in [0.2, 0.25) is 27.6 Å². The Morgan fingerprint density at radius 3 is 2.57 bits per heavy atom. The number of aryl methyl sites for hydroxylation is 1. The maximum Gasteiger partial charge on any atom is 0.246 e. The fraction of sp³-hybridized carbons (Fsp3) is 0.250. The van der Waals surface area contributed by atoms with Crippen molar-refractivity contribution in [1.82, 2.24) is 15.5 Å². The van der Waals surface area contributed by atoms with Gasteiger partial charge >= 0.3 is 0 Å². The van der Waals surface area contributed by atoms with Gasteiger partial charge in [0, 0.05) is 5.56 Å². The zero-order chi connectivity index (χ0) is 21.9. The predicted molar refractivity (Wildman–Crippen MR) is 110 cm³/mol. The summed E-state index contributed by atoms with van der Waals surface area (Å²) in [5.74, 6) is -0.509. The van der Waals surface area contributed by atoms with Crippen LogP contribution in [0.15, 0.2) is 53.1 Å². The predicted octanol–water partition coefficient (Wildman–Crippen LogP) is 2.66. The molecule has 0 radical (unpaired) electrons. The Labute approximate surface area is 173 Å². The molecule has 0 aliphatic carbocycles. The number of anilines is 1. The van der Waals surface area contributed by atoms with Crippen LogP contribution in [0.3, 0.4) is 0 Å². The second-order valence-electron chi connectivity index (χ2n) is 6.81. The van der Waals surface area contributed by atoms with Gasteiger partial charge in [0.15, 0.2) is 0 Å². The van der Waals surface area contributed by atoms with Crippen LogP contribution in [-0.2, 0) is 21.4 Å². The highest BCUT2D eigenvalue weighted by molar-refractivity contribution is 7.92. The third-order valence-electron chi connectivity index (χ3n) is 4.33. The zero-order valence-electron chi connectivity index (χ0n) is 16.7. The molecule has 1 atom stereocenters. The molecule has 30 heavy (non-hydrogen) atoms. The summed E-state index contributed by atoms with van der Waals surface area (Å²) >= 11 is 0. The van der Waals surface area contributed by atoms with Crippen LogP contribution in [0.25, 0.3) is 11.4 Å². The van der Waals surface area contributed by atoms with Crippen molar-refractivity contribution in [3.8, 4) is 11.4 Å². The van der Waals surface area contributed by atoms with Crippen LogP contribution in [0.2, 0.25) is 0 Å². The molecule has 3 rings (SSSR count). The SMILES string of the molecule is Cc1cccc(-c2noc(CNC(=O)C(C)N(c3ccc(F)cc3)S(C)(=O)=O)n2)c1. The summed E-state index contributed by atoms with van der Waals surface area (Å²) in [5.41, 5.74) is 2.01. The first-order chi connectivity index (χ1) is 14.1. The van der Waals surface area contributed by atoms with E-state index >= 15 is 0 Å². The van der Waals surface area contributed by atoms with E-state index < -0.39 is 27.8 Å². The van der Waals surface area contributed by atoms with E-state index in [0.29, 0.717) is 5.82 Å². The number of amides is 1. The average Bonchev–Trinajstić information content (AvgIpc) is 3.16. The van der Waals surface area contributed by atoms with Crippen molar-refractivity contribution in [2.45, 2.75) is 26.4 Å². The Morgan fingerprint density at radius 1 is 1.23 bits per heavy atom. The number of benzene rings is 2. The normalized spacial score (nSPS) is 12.4. The fourth-order valence-corrected chi connectivity index (χ4v) is 4.11. The Bertz CT molecular complexity index is 1150. The van der Waals surface area contributed by atoms with E-state index in [1.54, 1.807) is 0 Å². The molecule has 10 heteroatoms. The number of nitrogens with one attached hydrogen (secondary N) is 1. The van der Waals surface area contributed by atoms with Gasteiger partial charge in [-0.05, 0) is 44.2 Å². The Morgan fingerprint density at radius 2 is 1.93 bits per heavy atom. The maximum atomic E-state index is 13.2. The summed E-state index contributed by atoms with van der Waals surface area (Å²) in [7, 11) is -3.80. The molecule has 1 N–H and O–H groups in total. The molecule has 0 bridgehead atoms. The topological polar surface area (TPSA) is 105 Å². The molecular weight excluding hydrogens is 411 g/mol. The first-order valence-corrected chi connectivity index (χ1v) is 10.9. The highest BCUT2D eigenvalue weighted by Crippen LogP contribution is 2.21. The molecule has 158 valence electrons. The van der Waals surface area contributed by atoms with Gasteiger partial charge in [0.1, 0.15) is 11.9 Å². The number of hydrogen-bond acceptors (Lipinski definition) is 6. The lowest BCUT2D eigenvalue weighted by Gasteiger charge is -2.28. The molecule has 1 amide bonds. The molecule has 0 fully saturated rings.